The Hall–Kier alpha value is -2.21. The lowest BCUT2D eigenvalue weighted by molar-refractivity contribution is -0.143. The molecule has 0 spiro atoms. The lowest BCUT2D eigenvalue weighted by Crippen LogP contribution is -2.47. The standard InChI is InChI=1S/C23H29FN2O2S/c1-2-22(27)26(20-7-4-3-5-8-20)17-23(28)25(16-21-9-6-14-29-21)15-18-10-12-19(24)13-11-18/h6,9-14,20H,2-5,7-8,15-17H2,1H3. The Morgan fingerprint density at radius 2 is 1.76 bits per heavy atom. The molecule has 3 rings (SSSR count). The Kier molecular flexibility index (Phi) is 7.81. The fourth-order valence-electron chi connectivity index (χ4n) is 3.90. The van der Waals surface area contributed by atoms with E-state index in [1.54, 1.807) is 33.3 Å². The Morgan fingerprint density at radius 3 is 2.38 bits per heavy atom. The van der Waals surface area contributed by atoms with Crippen molar-refractivity contribution in [1.29, 1.82) is 0 Å². The van der Waals surface area contributed by atoms with E-state index in [9.17, 15) is 14.0 Å². The van der Waals surface area contributed by atoms with Gasteiger partial charge in [-0.3, -0.25) is 9.59 Å². The van der Waals surface area contributed by atoms with Crippen LogP contribution in [0, 0.1) is 5.82 Å². The zero-order valence-corrected chi connectivity index (χ0v) is 17.8. The molecule has 6 heteroatoms. The van der Waals surface area contributed by atoms with Crippen LogP contribution in [0.4, 0.5) is 4.39 Å². The van der Waals surface area contributed by atoms with Crippen LogP contribution in [0.1, 0.15) is 55.9 Å². The average molecular weight is 417 g/mol. The number of nitrogens with zero attached hydrogens (tertiary/aromatic N) is 2. The summed E-state index contributed by atoms with van der Waals surface area (Å²) in [5.41, 5.74) is 0.877. The molecule has 0 aliphatic heterocycles. The highest BCUT2D eigenvalue weighted by atomic mass is 32.1. The fourth-order valence-corrected chi connectivity index (χ4v) is 4.61. The van der Waals surface area contributed by atoms with Gasteiger partial charge in [-0.05, 0) is 42.0 Å². The second-order valence-corrected chi connectivity index (χ2v) is 8.65. The molecule has 0 bridgehead atoms. The van der Waals surface area contributed by atoms with E-state index in [1.165, 1.54) is 18.6 Å². The van der Waals surface area contributed by atoms with E-state index in [2.05, 4.69) is 0 Å². The fraction of sp³-hybridized carbons (Fsp3) is 0.478. The van der Waals surface area contributed by atoms with Crippen molar-refractivity contribution in [3.63, 3.8) is 0 Å². The lowest BCUT2D eigenvalue weighted by Gasteiger charge is -2.35. The molecule has 1 saturated carbocycles. The summed E-state index contributed by atoms with van der Waals surface area (Å²) < 4.78 is 13.3. The van der Waals surface area contributed by atoms with Gasteiger partial charge >= 0.3 is 0 Å². The molecule has 29 heavy (non-hydrogen) atoms. The van der Waals surface area contributed by atoms with Gasteiger partial charge in [0.25, 0.3) is 0 Å². The van der Waals surface area contributed by atoms with E-state index in [0.29, 0.717) is 19.5 Å². The number of carbonyl (C=O) groups excluding carboxylic acids is 2. The first-order valence-corrected chi connectivity index (χ1v) is 11.3. The minimum Gasteiger partial charge on any atom is -0.332 e. The molecule has 1 aromatic carbocycles. The van der Waals surface area contributed by atoms with Crippen LogP contribution in [0.25, 0.3) is 0 Å². The van der Waals surface area contributed by atoms with Crippen LogP contribution in [0.3, 0.4) is 0 Å². The van der Waals surface area contributed by atoms with Crippen LogP contribution in [0.15, 0.2) is 41.8 Å². The van der Waals surface area contributed by atoms with Gasteiger partial charge in [0.1, 0.15) is 12.4 Å². The second kappa shape index (κ2) is 10.5. The van der Waals surface area contributed by atoms with Crippen molar-refractivity contribution < 1.29 is 14.0 Å². The highest BCUT2D eigenvalue weighted by molar-refractivity contribution is 7.09. The van der Waals surface area contributed by atoms with Gasteiger partial charge in [0.15, 0.2) is 0 Å². The number of amides is 2. The molecule has 1 aliphatic rings. The maximum absolute atomic E-state index is 13.3. The summed E-state index contributed by atoms with van der Waals surface area (Å²) in [5.74, 6) is -0.305. The first-order valence-electron chi connectivity index (χ1n) is 10.4. The molecule has 2 aromatic rings. The van der Waals surface area contributed by atoms with Gasteiger partial charge < -0.3 is 9.80 Å². The van der Waals surface area contributed by atoms with Gasteiger partial charge in [0.2, 0.25) is 11.8 Å². The van der Waals surface area contributed by atoms with Gasteiger partial charge in [-0.15, -0.1) is 11.3 Å². The number of hydrogen-bond acceptors (Lipinski definition) is 3. The molecule has 4 nitrogen and oxygen atoms in total. The molecule has 1 fully saturated rings. The summed E-state index contributed by atoms with van der Waals surface area (Å²) in [6.07, 6.45) is 5.78. The van der Waals surface area contributed by atoms with E-state index in [4.69, 9.17) is 0 Å². The smallest absolute Gasteiger partial charge is 0.242 e. The number of halogens is 1. The maximum Gasteiger partial charge on any atom is 0.242 e. The Labute approximate surface area is 176 Å². The molecule has 0 N–H and O–H groups in total. The largest absolute Gasteiger partial charge is 0.332 e. The van der Waals surface area contributed by atoms with Gasteiger partial charge in [-0.1, -0.05) is 44.4 Å². The minimum absolute atomic E-state index is 0.0445. The molecule has 2 amide bonds. The van der Waals surface area contributed by atoms with Crippen LogP contribution in [0.2, 0.25) is 0 Å². The molecule has 0 atom stereocenters. The van der Waals surface area contributed by atoms with E-state index in [0.717, 1.165) is 36.1 Å². The Balaban J connectivity index is 1.75. The van der Waals surface area contributed by atoms with E-state index >= 15 is 0 Å². The van der Waals surface area contributed by atoms with Crippen molar-refractivity contribution in [3.8, 4) is 0 Å². The number of carbonyl (C=O) groups is 2. The van der Waals surface area contributed by atoms with Crippen molar-refractivity contribution >= 4 is 23.2 Å². The van der Waals surface area contributed by atoms with E-state index in [-0.39, 0.29) is 30.2 Å². The third kappa shape index (κ3) is 6.13. The van der Waals surface area contributed by atoms with Gasteiger partial charge in [-0.2, -0.15) is 0 Å². The van der Waals surface area contributed by atoms with Crippen LogP contribution < -0.4 is 0 Å². The molecular weight excluding hydrogens is 387 g/mol. The average Bonchev–Trinajstić information content (AvgIpc) is 3.26. The first kappa shape index (κ1) is 21.5. The monoisotopic (exact) mass is 416 g/mol. The zero-order valence-electron chi connectivity index (χ0n) is 17.0. The van der Waals surface area contributed by atoms with Crippen LogP contribution >= 0.6 is 11.3 Å². The van der Waals surface area contributed by atoms with Gasteiger partial charge in [0.05, 0.1) is 6.54 Å². The molecule has 1 aromatic heterocycles. The maximum atomic E-state index is 13.3. The van der Waals surface area contributed by atoms with Crippen LogP contribution in [0.5, 0.6) is 0 Å². The van der Waals surface area contributed by atoms with E-state index < -0.39 is 0 Å². The molecule has 1 heterocycles. The molecule has 1 aliphatic carbocycles. The second-order valence-electron chi connectivity index (χ2n) is 7.62. The highest BCUT2D eigenvalue weighted by Gasteiger charge is 2.28. The molecular formula is C23H29FN2O2S. The molecule has 0 saturated heterocycles. The summed E-state index contributed by atoms with van der Waals surface area (Å²) in [4.78, 5) is 30.5. The summed E-state index contributed by atoms with van der Waals surface area (Å²) in [5, 5.41) is 1.99. The van der Waals surface area contributed by atoms with Crippen molar-refractivity contribution in [3.05, 3.63) is 58.0 Å². The topological polar surface area (TPSA) is 40.6 Å². The quantitative estimate of drug-likeness (QED) is 0.608. The van der Waals surface area contributed by atoms with Gasteiger partial charge in [-0.25, -0.2) is 4.39 Å². The zero-order chi connectivity index (χ0) is 20.6. The summed E-state index contributed by atoms with van der Waals surface area (Å²) >= 11 is 1.60. The Morgan fingerprint density at radius 1 is 1.03 bits per heavy atom. The Bertz CT molecular complexity index is 786. The van der Waals surface area contributed by atoms with Crippen molar-refractivity contribution in [2.24, 2.45) is 0 Å². The normalized spacial score (nSPS) is 14.6. The number of hydrogen-bond donors (Lipinski definition) is 0. The summed E-state index contributed by atoms with van der Waals surface area (Å²) in [6.45, 7) is 2.86. The third-order valence-corrected chi connectivity index (χ3v) is 6.37. The van der Waals surface area contributed by atoms with Crippen molar-refractivity contribution in [2.45, 2.75) is 64.6 Å². The molecule has 156 valence electrons. The number of thiophene rings is 1. The lowest BCUT2D eigenvalue weighted by atomic mass is 9.94. The predicted octanol–water partition coefficient (Wildman–Crippen LogP) is 4.99. The summed E-state index contributed by atoms with van der Waals surface area (Å²) in [6, 6.07) is 10.4. The van der Waals surface area contributed by atoms with Crippen molar-refractivity contribution in [2.75, 3.05) is 6.54 Å². The van der Waals surface area contributed by atoms with Crippen LogP contribution in [-0.4, -0.2) is 34.2 Å². The number of rotatable bonds is 8. The minimum atomic E-state index is -0.290. The summed E-state index contributed by atoms with van der Waals surface area (Å²) in [7, 11) is 0. The van der Waals surface area contributed by atoms with E-state index in [1.807, 2.05) is 24.4 Å². The molecule has 0 unspecified atom stereocenters. The first-order chi connectivity index (χ1) is 14.1. The number of benzene rings is 1. The predicted molar refractivity (Wildman–Crippen MR) is 114 cm³/mol. The van der Waals surface area contributed by atoms with Crippen molar-refractivity contribution in [1.82, 2.24) is 9.80 Å². The SMILES string of the molecule is CCC(=O)N(CC(=O)N(Cc1ccc(F)cc1)Cc1cccs1)C1CCCCC1. The third-order valence-electron chi connectivity index (χ3n) is 5.51. The molecule has 0 radical (unpaired) electrons. The van der Waals surface area contributed by atoms with Gasteiger partial charge in [0, 0.05) is 23.9 Å². The highest BCUT2D eigenvalue weighted by Crippen LogP contribution is 2.24. The van der Waals surface area contributed by atoms with Crippen LogP contribution in [-0.2, 0) is 22.7 Å².